The highest BCUT2D eigenvalue weighted by Gasteiger charge is 2.52. The summed E-state index contributed by atoms with van der Waals surface area (Å²) in [6, 6.07) is 11.1. The van der Waals surface area contributed by atoms with Crippen LogP contribution in [0, 0.1) is 11.6 Å². The third-order valence-corrected chi connectivity index (χ3v) is 8.92. The zero-order valence-electron chi connectivity index (χ0n) is 26.4. The Labute approximate surface area is 273 Å². The van der Waals surface area contributed by atoms with Crippen LogP contribution in [-0.2, 0) is 33.5 Å². The van der Waals surface area contributed by atoms with Gasteiger partial charge in [-0.3, -0.25) is 14.6 Å². The predicted molar refractivity (Wildman–Crippen MR) is 164 cm³/mol. The number of hydrazine groups is 1. The van der Waals surface area contributed by atoms with Crippen LogP contribution in [0.15, 0.2) is 65.9 Å². The Bertz CT molecular complexity index is 1810. The van der Waals surface area contributed by atoms with Crippen LogP contribution < -0.4 is 4.74 Å². The minimum Gasteiger partial charge on any atom is -0.509 e. The number of ether oxygens (including phenoxy) is 2. The zero-order valence-corrected chi connectivity index (χ0v) is 26.4. The van der Waals surface area contributed by atoms with Crippen molar-refractivity contribution in [1.82, 2.24) is 10.0 Å². The number of aliphatic hydroxyl groups excluding tert-OH is 1. The molecule has 1 saturated heterocycles. The number of rotatable bonds is 10. The number of amides is 1. The average molecular weight is 673 g/mol. The lowest BCUT2D eigenvalue weighted by molar-refractivity contribution is -0.161. The molecule has 0 saturated carbocycles. The highest BCUT2D eigenvalue weighted by Crippen LogP contribution is 2.43. The fraction of sp³-hybridized carbons (Fsp3) is 0.343. The number of carbonyl (C=O) groups is 3. The second kappa shape index (κ2) is 13.4. The van der Waals surface area contributed by atoms with Gasteiger partial charge in [-0.2, -0.15) is 13.2 Å². The number of methoxy groups -OCH3 is 2. The molecule has 3 aromatic carbocycles. The number of carbonyl (C=O) groups excluding carboxylic acids is 3. The van der Waals surface area contributed by atoms with Crippen molar-refractivity contribution in [1.29, 1.82) is 0 Å². The Hall–Kier alpha value is -4.78. The van der Waals surface area contributed by atoms with Gasteiger partial charge in [-0.15, -0.1) is 0 Å². The van der Waals surface area contributed by atoms with Gasteiger partial charge >= 0.3 is 12.1 Å². The van der Waals surface area contributed by atoms with Gasteiger partial charge in [-0.05, 0) is 68.0 Å². The fourth-order valence-electron chi connectivity index (χ4n) is 6.45. The molecule has 0 bridgehead atoms. The Morgan fingerprint density at radius 2 is 1.73 bits per heavy atom. The minimum atomic E-state index is -4.67. The Kier molecular flexibility index (Phi) is 9.63. The van der Waals surface area contributed by atoms with Crippen LogP contribution in [0.4, 0.5) is 22.0 Å². The van der Waals surface area contributed by atoms with E-state index in [1.807, 2.05) is 0 Å². The first-order valence-corrected chi connectivity index (χ1v) is 15.2. The van der Waals surface area contributed by atoms with E-state index in [4.69, 9.17) is 9.47 Å². The van der Waals surface area contributed by atoms with Gasteiger partial charge in [0.2, 0.25) is 0 Å². The molecule has 1 N–H and O–H groups in total. The molecule has 1 fully saturated rings. The summed E-state index contributed by atoms with van der Waals surface area (Å²) in [5, 5.41) is 14.0. The molecule has 1 amide bonds. The number of nitrogens with zero attached hydrogens (tertiary/aromatic N) is 2. The normalized spacial score (nSPS) is 18.2. The number of aryl methyl sites for hydroxylation is 1. The Morgan fingerprint density at radius 1 is 1.00 bits per heavy atom. The van der Waals surface area contributed by atoms with E-state index in [1.54, 1.807) is 11.9 Å². The van der Waals surface area contributed by atoms with E-state index in [0.717, 1.165) is 30.3 Å². The standard InChI is InChI=1S/C35H33F5N2O6/c1-34-16-7-17-42(34)41(19-21-9-4-12-26(36)29(21)37)32(45)28(31(34)44)27(43)13-5-8-20-14-15-22(35(38,39)40)18-25(20)23-10-6-11-24(30(23)47-2)33(46)48-3/h4,6,9-12,14-15,18,44H,5,7-8,13,16-17,19H2,1-3H3. The summed E-state index contributed by atoms with van der Waals surface area (Å²) in [6.07, 6.45) is -3.83. The van der Waals surface area contributed by atoms with Crippen LogP contribution in [-0.4, -0.2) is 59.1 Å². The first-order chi connectivity index (χ1) is 22.7. The molecular weight excluding hydrogens is 639 g/mol. The maximum atomic E-state index is 14.6. The maximum Gasteiger partial charge on any atom is 0.416 e. The molecule has 0 aromatic heterocycles. The van der Waals surface area contributed by atoms with Crippen molar-refractivity contribution >= 4 is 17.7 Å². The molecule has 1 atom stereocenters. The number of fused-ring (bicyclic) bond motifs is 1. The number of Topliss-reactive ketones (excluding diaryl/α,β-unsaturated/α-hetero) is 1. The van der Waals surface area contributed by atoms with Gasteiger partial charge < -0.3 is 14.6 Å². The van der Waals surface area contributed by atoms with Crippen molar-refractivity contribution < 1.29 is 50.9 Å². The maximum absolute atomic E-state index is 14.6. The van der Waals surface area contributed by atoms with Gasteiger partial charge in [-0.25, -0.2) is 18.6 Å². The first kappa shape index (κ1) is 34.6. The number of ketones is 1. The lowest BCUT2D eigenvalue weighted by Gasteiger charge is -2.46. The number of halogens is 5. The number of alkyl halides is 3. The van der Waals surface area contributed by atoms with E-state index in [2.05, 4.69) is 0 Å². The van der Waals surface area contributed by atoms with E-state index in [9.17, 15) is 41.4 Å². The van der Waals surface area contributed by atoms with Crippen LogP contribution in [0.3, 0.4) is 0 Å². The molecule has 0 radical (unpaired) electrons. The highest BCUT2D eigenvalue weighted by atomic mass is 19.4. The van der Waals surface area contributed by atoms with Gasteiger partial charge in [0.05, 0.1) is 31.9 Å². The van der Waals surface area contributed by atoms with Crippen molar-refractivity contribution in [3.63, 3.8) is 0 Å². The monoisotopic (exact) mass is 672 g/mol. The summed E-state index contributed by atoms with van der Waals surface area (Å²) in [7, 11) is 2.44. The Morgan fingerprint density at radius 3 is 2.42 bits per heavy atom. The smallest absolute Gasteiger partial charge is 0.416 e. The third-order valence-electron chi connectivity index (χ3n) is 8.92. The molecule has 48 heavy (non-hydrogen) atoms. The van der Waals surface area contributed by atoms with Crippen LogP contribution in [0.25, 0.3) is 11.1 Å². The van der Waals surface area contributed by atoms with Gasteiger partial charge in [0.15, 0.2) is 17.4 Å². The van der Waals surface area contributed by atoms with Crippen LogP contribution in [0.1, 0.15) is 59.7 Å². The highest BCUT2D eigenvalue weighted by molar-refractivity contribution is 6.20. The molecule has 0 spiro atoms. The van der Waals surface area contributed by atoms with E-state index < -0.39 is 57.9 Å². The van der Waals surface area contributed by atoms with E-state index >= 15 is 0 Å². The summed E-state index contributed by atoms with van der Waals surface area (Å²) < 4.78 is 80.1. The summed E-state index contributed by atoms with van der Waals surface area (Å²) in [4.78, 5) is 39.7. The lowest BCUT2D eigenvalue weighted by Crippen LogP contribution is -2.60. The van der Waals surface area contributed by atoms with Crippen LogP contribution >= 0.6 is 0 Å². The third kappa shape index (κ3) is 6.26. The summed E-state index contributed by atoms with van der Waals surface area (Å²) >= 11 is 0. The largest absolute Gasteiger partial charge is 0.509 e. The van der Waals surface area contributed by atoms with Crippen LogP contribution in [0.2, 0.25) is 0 Å². The molecule has 3 aromatic rings. The zero-order chi connectivity index (χ0) is 35.0. The predicted octanol–water partition coefficient (Wildman–Crippen LogP) is 6.96. The van der Waals surface area contributed by atoms with Crippen molar-refractivity contribution in [3.8, 4) is 16.9 Å². The quantitative estimate of drug-likeness (QED) is 0.141. The lowest BCUT2D eigenvalue weighted by atomic mass is 9.87. The van der Waals surface area contributed by atoms with Gasteiger partial charge in [0.1, 0.15) is 22.6 Å². The first-order valence-electron chi connectivity index (χ1n) is 15.2. The van der Waals surface area contributed by atoms with E-state index in [1.165, 1.54) is 43.5 Å². The minimum absolute atomic E-state index is 0.00592. The fourth-order valence-corrected chi connectivity index (χ4v) is 6.45. The number of esters is 1. The molecule has 0 aliphatic carbocycles. The second-order valence-corrected chi connectivity index (χ2v) is 11.8. The number of aliphatic hydroxyl groups is 1. The molecule has 13 heteroatoms. The molecule has 254 valence electrons. The summed E-state index contributed by atoms with van der Waals surface area (Å²) in [5.41, 5.74) is -1.91. The molecular formula is C35H33F5N2O6. The van der Waals surface area contributed by atoms with E-state index in [-0.39, 0.29) is 53.8 Å². The molecule has 5 rings (SSSR count). The van der Waals surface area contributed by atoms with Crippen molar-refractivity contribution in [2.45, 2.75) is 57.3 Å². The summed E-state index contributed by atoms with van der Waals surface area (Å²) in [5.74, 6) is -4.93. The number of para-hydroxylation sites is 1. The van der Waals surface area contributed by atoms with Gasteiger partial charge in [0.25, 0.3) is 5.91 Å². The van der Waals surface area contributed by atoms with Gasteiger partial charge in [0, 0.05) is 24.1 Å². The summed E-state index contributed by atoms with van der Waals surface area (Å²) in [6.45, 7) is 1.62. The molecule has 2 heterocycles. The topological polar surface area (TPSA) is 96.4 Å². The second-order valence-electron chi connectivity index (χ2n) is 11.8. The molecule has 1 unspecified atom stereocenters. The average Bonchev–Trinajstić information content (AvgIpc) is 3.46. The van der Waals surface area contributed by atoms with Gasteiger partial charge in [-0.1, -0.05) is 30.3 Å². The Balaban J connectivity index is 1.44. The van der Waals surface area contributed by atoms with E-state index in [0.29, 0.717) is 24.9 Å². The molecule has 2 aliphatic heterocycles. The van der Waals surface area contributed by atoms with Crippen molar-refractivity contribution in [2.24, 2.45) is 0 Å². The number of hydrogen-bond acceptors (Lipinski definition) is 7. The van der Waals surface area contributed by atoms with Crippen molar-refractivity contribution in [3.05, 3.63) is 99.8 Å². The SMILES string of the molecule is COC(=O)c1cccc(-c2cc(C(F)(F)F)ccc2CCCC(=O)C2=C(O)C3(C)CCCN3N(Cc3cccc(F)c3F)C2=O)c1OC. The number of hydrogen-bond donors (Lipinski definition) is 1. The molecule has 8 nitrogen and oxygen atoms in total. The van der Waals surface area contributed by atoms with Crippen molar-refractivity contribution in [2.75, 3.05) is 20.8 Å². The molecule has 2 aliphatic rings. The number of benzene rings is 3. The van der Waals surface area contributed by atoms with Crippen LogP contribution in [0.5, 0.6) is 5.75 Å².